The number of hydrogen-bond acceptors (Lipinski definition) is 5. The van der Waals surface area contributed by atoms with Crippen molar-refractivity contribution in [3.8, 4) is 0 Å². The summed E-state index contributed by atoms with van der Waals surface area (Å²) in [7, 11) is 0. The second-order valence-corrected chi connectivity index (χ2v) is 8.99. The number of rotatable bonds is 3. The van der Waals surface area contributed by atoms with Gasteiger partial charge in [0, 0.05) is 11.1 Å². The van der Waals surface area contributed by atoms with E-state index in [0.717, 1.165) is 21.3 Å². The molecule has 0 bridgehead atoms. The van der Waals surface area contributed by atoms with Crippen LogP contribution in [0.4, 0.5) is 9.52 Å². The maximum absolute atomic E-state index is 15.0. The molecule has 164 valence electrons. The topological polar surface area (TPSA) is 70.5 Å². The van der Waals surface area contributed by atoms with Gasteiger partial charge in [0.1, 0.15) is 17.6 Å². The zero-order valence-electron chi connectivity index (χ0n) is 17.9. The van der Waals surface area contributed by atoms with E-state index in [1.165, 1.54) is 34.4 Å². The number of fused-ring (bicyclic) bond motifs is 1. The van der Waals surface area contributed by atoms with E-state index < -0.39 is 23.5 Å². The van der Waals surface area contributed by atoms with Crippen LogP contribution in [0.1, 0.15) is 28.3 Å². The van der Waals surface area contributed by atoms with Gasteiger partial charge in [-0.1, -0.05) is 65.9 Å². The number of halogens is 1. The molecule has 33 heavy (non-hydrogen) atoms. The number of aryl methyl sites for hydroxylation is 2. The molecule has 7 heteroatoms. The molecule has 5 nitrogen and oxygen atoms in total. The van der Waals surface area contributed by atoms with Crippen molar-refractivity contribution in [2.24, 2.45) is 0 Å². The molecule has 4 aromatic rings. The van der Waals surface area contributed by atoms with Crippen molar-refractivity contribution in [2.75, 3.05) is 4.90 Å². The van der Waals surface area contributed by atoms with Crippen LogP contribution >= 0.6 is 11.3 Å². The number of carbonyl (C=O) groups is 2. The number of aliphatic hydroxyl groups excluding tert-OH is 1. The summed E-state index contributed by atoms with van der Waals surface area (Å²) < 4.78 is 15.8. The summed E-state index contributed by atoms with van der Waals surface area (Å²) in [5, 5.41) is 11.3. The summed E-state index contributed by atoms with van der Waals surface area (Å²) in [6.45, 7) is 3.90. The highest BCUT2D eigenvalue weighted by atomic mass is 32.1. The second-order valence-electron chi connectivity index (χ2n) is 7.98. The minimum absolute atomic E-state index is 0.112. The van der Waals surface area contributed by atoms with Gasteiger partial charge >= 0.3 is 5.91 Å². The highest BCUT2D eigenvalue weighted by Crippen LogP contribution is 2.45. The summed E-state index contributed by atoms with van der Waals surface area (Å²) in [6.07, 6.45) is 0. The first-order valence-corrected chi connectivity index (χ1v) is 11.2. The number of aliphatic hydroxyl groups is 1. The molecular formula is C26H19FN2O3S. The fourth-order valence-electron chi connectivity index (χ4n) is 4.23. The minimum atomic E-state index is -1.15. The molecule has 1 saturated heterocycles. The Morgan fingerprint density at radius 3 is 2.45 bits per heavy atom. The normalized spacial score (nSPS) is 17.8. The molecule has 2 heterocycles. The lowest BCUT2D eigenvalue weighted by atomic mass is 9.95. The summed E-state index contributed by atoms with van der Waals surface area (Å²) in [4.78, 5) is 32.3. The molecule has 1 atom stereocenters. The van der Waals surface area contributed by atoms with Crippen LogP contribution in [0.2, 0.25) is 0 Å². The van der Waals surface area contributed by atoms with E-state index in [1.54, 1.807) is 36.4 Å². The summed E-state index contributed by atoms with van der Waals surface area (Å²) in [5.74, 6) is -2.66. The van der Waals surface area contributed by atoms with E-state index in [4.69, 9.17) is 0 Å². The molecule has 5 rings (SSSR count). The van der Waals surface area contributed by atoms with Crippen molar-refractivity contribution in [3.05, 3.63) is 100 Å². The quantitative estimate of drug-likeness (QED) is 0.244. The lowest BCUT2D eigenvalue weighted by molar-refractivity contribution is -0.132. The first-order chi connectivity index (χ1) is 15.9. The third-order valence-electron chi connectivity index (χ3n) is 5.72. The molecule has 0 unspecified atom stereocenters. The van der Waals surface area contributed by atoms with Crippen LogP contribution in [0.15, 0.2) is 72.3 Å². The van der Waals surface area contributed by atoms with Crippen LogP contribution in [0.5, 0.6) is 0 Å². The van der Waals surface area contributed by atoms with Crippen LogP contribution in [-0.2, 0) is 9.59 Å². The fraction of sp³-hybridized carbons (Fsp3) is 0.115. The van der Waals surface area contributed by atoms with Gasteiger partial charge in [0.05, 0.1) is 15.8 Å². The van der Waals surface area contributed by atoms with Crippen molar-refractivity contribution in [1.82, 2.24) is 4.98 Å². The van der Waals surface area contributed by atoms with E-state index in [1.807, 2.05) is 26.0 Å². The Hall–Kier alpha value is -3.84. The van der Waals surface area contributed by atoms with Crippen molar-refractivity contribution >= 4 is 44.1 Å². The van der Waals surface area contributed by atoms with Crippen LogP contribution < -0.4 is 4.90 Å². The van der Waals surface area contributed by atoms with Crippen LogP contribution in [0.3, 0.4) is 0 Å². The van der Waals surface area contributed by atoms with Gasteiger partial charge in [-0.05, 0) is 37.1 Å². The first kappa shape index (κ1) is 21.0. The Balaban J connectivity index is 1.77. The van der Waals surface area contributed by atoms with E-state index in [-0.39, 0.29) is 22.0 Å². The fourth-order valence-corrected chi connectivity index (χ4v) is 5.40. The van der Waals surface area contributed by atoms with E-state index in [0.29, 0.717) is 5.56 Å². The number of carbonyl (C=O) groups excluding carboxylic acids is 2. The Bertz CT molecular complexity index is 1460. The average Bonchev–Trinajstić information content (AvgIpc) is 3.33. The maximum atomic E-state index is 15.0. The van der Waals surface area contributed by atoms with Gasteiger partial charge in [0.25, 0.3) is 5.78 Å². The van der Waals surface area contributed by atoms with Gasteiger partial charge < -0.3 is 5.11 Å². The zero-order valence-corrected chi connectivity index (χ0v) is 18.7. The SMILES string of the molecule is Cc1cc(C)c2nc(N3C(=O)C(=O)/C(=C(/O)c4ccccc4)[C@@H]3c3ccccc3F)sc2c1. The smallest absolute Gasteiger partial charge is 0.301 e. The van der Waals surface area contributed by atoms with Crippen LogP contribution in [0.25, 0.3) is 16.0 Å². The second kappa shape index (κ2) is 7.94. The highest BCUT2D eigenvalue weighted by molar-refractivity contribution is 7.22. The lowest BCUT2D eigenvalue weighted by Gasteiger charge is -2.23. The van der Waals surface area contributed by atoms with Gasteiger partial charge in [-0.25, -0.2) is 9.37 Å². The number of Topliss-reactive ketones (excluding diaryl/α,β-unsaturated/α-hetero) is 1. The molecule has 0 saturated carbocycles. The summed E-state index contributed by atoms with van der Waals surface area (Å²) >= 11 is 1.26. The lowest BCUT2D eigenvalue weighted by Crippen LogP contribution is -2.29. The number of benzene rings is 3. The number of thiazole rings is 1. The summed E-state index contributed by atoms with van der Waals surface area (Å²) in [6, 6.07) is 17.2. The zero-order chi connectivity index (χ0) is 23.3. The molecule has 0 spiro atoms. The van der Waals surface area contributed by atoms with Crippen molar-refractivity contribution in [1.29, 1.82) is 0 Å². The van der Waals surface area contributed by atoms with Crippen LogP contribution in [-0.4, -0.2) is 21.8 Å². The third-order valence-corrected chi connectivity index (χ3v) is 6.72. The number of ketones is 1. The molecule has 1 aliphatic heterocycles. The molecule has 0 aliphatic carbocycles. The molecule has 1 fully saturated rings. The molecule has 1 N–H and O–H groups in total. The van der Waals surface area contributed by atoms with E-state index >= 15 is 0 Å². The van der Waals surface area contributed by atoms with Crippen molar-refractivity contribution in [2.45, 2.75) is 19.9 Å². The number of amides is 1. The molecule has 3 aromatic carbocycles. The van der Waals surface area contributed by atoms with E-state index in [2.05, 4.69) is 4.98 Å². The number of anilines is 1. The van der Waals surface area contributed by atoms with Gasteiger partial charge in [-0.15, -0.1) is 0 Å². The predicted molar refractivity (Wildman–Crippen MR) is 127 cm³/mol. The molecular weight excluding hydrogens is 439 g/mol. The molecule has 1 aliphatic rings. The largest absolute Gasteiger partial charge is 0.507 e. The average molecular weight is 459 g/mol. The minimum Gasteiger partial charge on any atom is -0.507 e. The molecule has 0 radical (unpaired) electrons. The van der Waals surface area contributed by atoms with E-state index in [9.17, 15) is 19.1 Å². The number of aromatic nitrogens is 1. The highest BCUT2D eigenvalue weighted by Gasteiger charge is 2.49. The summed E-state index contributed by atoms with van der Waals surface area (Å²) in [5.41, 5.74) is 3.03. The Labute approximate surface area is 193 Å². The third kappa shape index (κ3) is 3.41. The van der Waals surface area contributed by atoms with Gasteiger partial charge in [0.2, 0.25) is 0 Å². The van der Waals surface area contributed by atoms with Crippen molar-refractivity contribution in [3.63, 3.8) is 0 Å². The number of nitrogens with zero attached hydrogens (tertiary/aromatic N) is 2. The Kier molecular flexibility index (Phi) is 5.06. The monoisotopic (exact) mass is 458 g/mol. The van der Waals surface area contributed by atoms with Crippen LogP contribution in [0, 0.1) is 19.7 Å². The first-order valence-electron chi connectivity index (χ1n) is 10.4. The van der Waals surface area contributed by atoms with Crippen molar-refractivity contribution < 1.29 is 19.1 Å². The number of hydrogen-bond donors (Lipinski definition) is 1. The Morgan fingerprint density at radius 1 is 1.03 bits per heavy atom. The van der Waals surface area contributed by atoms with Gasteiger partial charge in [-0.2, -0.15) is 0 Å². The maximum Gasteiger partial charge on any atom is 0.301 e. The van der Waals surface area contributed by atoms with Gasteiger partial charge in [-0.3, -0.25) is 14.5 Å². The predicted octanol–water partition coefficient (Wildman–Crippen LogP) is 5.68. The molecule has 1 aromatic heterocycles. The van der Waals surface area contributed by atoms with Gasteiger partial charge in [0.15, 0.2) is 5.13 Å². The Morgan fingerprint density at radius 2 is 1.73 bits per heavy atom. The molecule has 1 amide bonds. The standard InChI is InChI=1S/C26H19FN2O3S/c1-14-12-15(2)21-19(13-14)33-26(28-21)29-22(17-10-6-7-11-18(17)27)20(24(31)25(29)32)23(30)16-8-4-3-5-9-16/h3-13,22,30H,1-2H3/b23-20+/t22-/m0/s1.